The standard InChI is InChI=1S/C11H13FN2O.ClH/c12-9-2-1-3-10(6-9)14-11(15)8-4-5-13-7-8;/h1-3,6,8,13H,4-5,7H2,(H,14,15);1H. The Morgan fingerprint density at radius 1 is 1.50 bits per heavy atom. The van der Waals surface area contributed by atoms with E-state index in [-0.39, 0.29) is 30.0 Å². The SMILES string of the molecule is Cl.O=C(Nc1cccc(F)c1)C1CCNC1. The number of nitrogens with one attached hydrogen (secondary N) is 2. The van der Waals surface area contributed by atoms with E-state index in [1.807, 2.05) is 0 Å². The van der Waals surface area contributed by atoms with Crippen LogP contribution in [0.1, 0.15) is 6.42 Å². The first kappa shape index (κ1) is 12.9. The Morgan fingerprint density at radius 2 is 2.31 bits per heavy atom. The minimum absolute atomic E-state index is 0. The summed E-state index contributed by atoms with van der Waals surface area (Å²) < 4.78 is 12.8. The topological polar surface area (TPSA) is 41.1 Å². The first-order valence-electron chi connectivity index (χ1n) is 5.03. The van der Waals surface area contributed by atoms with Gasteiger partial charge in [-0.3, -0.25) is 4.79 Å². The summed E-state index contributed by atoms with van der Waals surface area (Å²) in [4.78, 5) is 11.7. The van der Waals surface area contributed by atoms with Crippen molar-refractivity contribution in [3.05, 3.63) is 30.1 Å². The van der Waals surface area contributed by atoms with Gasteiger partial charge in [0.25, 0.3) is 0 Å². The lowest BCUT2D eigenvalue weighted by Crippen LogP contribution is -2.24. The third-order valence-electron chi connectivity index (χ3n) is 2.52. The Kier molecular flexibility index (Phi) is 4.71. The molecule has 1 aliphatic rings. The van der Waals surface area contributed by atoms with Gasteiger partial charge in [-0.15, -0.1) is 12.4 Å². The minimum Gasteiger partial charge on any atom is -0.326 e. The molecule has 0 radical (unpaired) electrons. The fourth-order valence-corrected chi connectivity index (χ4v) is 1.69. The van der Waals surface area contributed by atoms with Gasteiger partial charge in [0.05, 0.1) is 5.92 Å². The first-order valence-corrected chi connectivity index (χ1v) is 5.03. The van der Waals surface area contributed by atoms with Crippen LogP contribution in [-0.2, 0) is 4.79 Å². The zero-order valence-corrected chi connectivity index (χ0v) is 9.52. The van der Waals surface area contributed by atoms with Crippen molar-refractivity contribution in [2.75, 3.05) is 18.4 Å². The van der Waals surface area contributed by atoms with Crippen LogP contribution in [0.2, 0.25) is 0 Å². The molecule has 88 valence electrons. The lowest BCUT2D eigenvalue weighted by atomic mass is 10.1. The van der Waals surface area contributed by atoms with Crippen LogP contribution >= 0.6 is 12.4 Å². The van der Waals surface area contributed by atoms with Gasteiger partial charge < -0.3 is 10.6 Å². The van der Waals surface area contributed by atoms with Crippen molar-refractivity contribution in [3.8, 4) is 0 Å². The molecule has 2 rings (SSSR count). The molecule has 0 saturated carbocycles. The maximum atomic E-state index is 12.8. The van der Waals surface area contributed by atoms with E-state index in [0.29, 0.717) is 12.2 Å². The van der Waals surface area contributed by atoms with Gasteiger partial charge in [0.1, 0.15) is 5.82 Å². The van der Waals surface area contributed by atoms with Gasteiger partial charge in [-0.25, -0.2) is 4.39 Å². The molecule has 1 unspecified atom stereocenters. The molecule has 1 heterocycles. The van der Waals surface area contributed by atoms with Gasteiger partial charge in [0.2, 0.25) is 5.91 Å². The highest BCUT2D eigenvalue weighted by atomic mass is 35.5. The molecule has 1 atom stereocenters. The molecule has 5 heteroatoms. The fraction of sp³-hybridized carbons (Fsp3) is 0.364. The van der Waals surface area contributed by atoms with E-state index in [4.69, 9.17) is 0 Å². The van der Waals surface area contributed by atoms with E-state index >= 15 is 0 Å². The van der Waals surface area contributed by atoms with Crippen molar-refractivity contribution in [3.63, 3.8) is 0 Å². The van der Waals surface area contributed by atoms with Gasteiger partial charge in [0, 0.05) is 12.2 Å². The highest BCUT2D eigenvalue weighted by molar-refractivity contribution is 5.92. The van der Waals surface area contributed by atoms with E-state index in [9.17, 15) is 9.18 Å². The minimum atomic E-state index is -0.336. The first-order chi connectivity index (χ1) is 7.25. The summed E-state index contributed by atoms with van der Waals surface area (Å²) in [5.41, 5.74) is 0.520. The highest BCUT2D eigenvalue weighted by Crippen LogP contribution is 2.13. The van der Waals surface area contributed by atoms with Crippen molar-refractivity contribution < 1.29 is 9.18 Å². The molecule has 0 bridgehead atoms. The number of benzene rings is 1. The molecule has 1 aliphatic heterocycles. The Balaban J connectivity index is 0.00000128. The second kappa shape index (κ2) is 5.82. The summed E-state index contributed by atoms with van der Waals surface area (Å²) in [5, 5.41) is 5.82. The molecule has 1 amide bonds. The van der Waals surface area contributed by atoms with Crippen LogP contribution in [0.25, 0.3) is 0 Å². The van der Waals surface area contributed by atoms with Crippen molar-refractivity contribution in [2.45, 2.75) is 6.42 Å². The van der Waals surface area contributed by atoms with Gasteiger partial charge in [-0.2, -0.15) is 0 Å². The predicted molar refractivity (Wildman–Crippen MR) is 63.3 cm³/mol. The van der Waals surface area contributed by atoms with Crippen LogP contribution in [0.15, 0.2) is 24.3 Å². The highest BCUT2D eigenvalue weighted by Gasteiger charge is 2.22. The number of carbonyl (C=O) groups excluding carboxylic acids is 1. The summed E-state index contributed by atoms with van der Waals surface area (Å²) in [6, 6.07) is 5.94. The lowest BCUT2D eigenvalue weighted by Gasteiger charge is -2.09. The second-order valence-corrected chi connectivity index (χ2v) is 3.69. The Bertz CT molecular complexity index is 367. The molecule has 16 heavy (non-hydrogen) atoms. The molecular formula is C11H14ClFN2O. The number of rotatable bonds is 2. The zero-order valence-electron chi connectivity index (χ0n) is 8.70. The molecule has 1 aromatic rings. The average molecular weight is 245 g/mol. The zero-order chi connectivity index (χ0) is 10.7. The summed E-state index contributed by atoms with van der Waals surface area (Å²) in [7, 11) is 0. The molecule has 1 saturated heterocycles. The number of carbonyl (C=O) groups is 1. The Labute approximate surface area is 99.8 Å². The molecular weight excluding hydrogens is 231 g/mol. The molecule has 0 aliphatic carbocycles. The van der Waals surface area contributed by atoms with E-state index in [2.05, 4.69) is 10.6 Å². The van der Waals surface area contributed by atoms with Gasteiger partial charge in [-0.1, -0.05) is 6.07 Å². The van der Waals surface area contributed by atoms with Crippen molar-refractivity contribution in [1.82, 2.24) is 5.32 Å². The van der Waals surface area contributed by atoms with Crippen LogP contribution in [-0.4, -0.2) is 19.0 Å². The van der Waals surface area contributed by atoms with E-state index < -0.39 is 0 Å². The maximum Gasteiger partial charge on any atom is 0.228 e. The van der Waals surface area contributed by atoms with Crippen LogP contribution < -0.4 is 10.6 Å². The van der Waals surface area contributed by atoms with Crippen LogP contribution in [0.4, 0.5) is 10.1 Å². The Hall–Kier alpha value is -1.13. The normalized spacial score (nSPS) is 18.9. The van der Waals surface area contributed by atoms with E-state index in [1.54, 1.807) is 12.1 Å². The quantitative estimate of drug-likeness (QED) is 0.833. The summed E-state index contributed by atoms with van der Waals surface area (Å²) in [6.07, 6.45) is 0.848. The van der Waals surface area contributed by atoms with Gasteiger partial charge >= 0.3 is 0 Å². The summed E-state index contributed by atoms with van der Waals surface area (Å²) in [6.45, 7) is 1.59. The molecule has 0 spiro atoms. The lowest BCUT2D eigenvalue weighted by molar-refractivity contribution is -0.119. The van der Waals surface area contributed by atoms with E-state index in [0.717, 1.165) is 13.0 Å². The molecule has 1 fully saturated rings. The monoisotopic (exact) mass is 244 g/mol. The van der Waals surface area contributed by atoms with Crippen molar-refractivity contribution in [2.24, 2.45) is 5.92 Å². The molecule has 0 aromatic heterocycles. The molecule has 3 nitrogen and oxygen atoms in total. The maximum absolute atomic E-state index is 12.8. The molecule has 2 N–H and O–H groups in total. The number of anilines is 1. The third kappa shape index (κ3) is 3.18. The van der Waals surface area contributed by atoms with Crippen LogP contribution in [0.3, 0.4) is 0 Å². The van der Waals surface area contributed by atoms with E-state index in [1.165, 1.54) is 12.1 Å². The fourth-order valence-electron chi connectivity index (χ4n) is 1.69. The third-order valence-corrected chi connectivity index (χ3v) is 2.52. The summed E-state index contributed by atoms with van der Waals surface area (Å²) >= 11 is 0. The van der Waals surface area contributed by atoms with Crippen molar-refractivity contribution in [1.29, 1.82) is 0 Å². The Morgan fingerprint density at radius 3 is 2.94 bits per heavy atom. The molecule has 1 aromatic carbocycles. The average Bonchev–Trinajstić information content (AvgIpc) is 2.70. The van der Waals surface area contributed by atoms with Crippen LogP contribution in [0, 0.1) is 11.7 Å². The van der Waals surface area contributed by atoms with Crippen molar-refractivity contribution >= 4 is 24.0 Å². The van der Waals surface area contributed by atoms with Crippen LogP contribution in [0.5, 0.6) is 0 Å². The predicted octanol–water partition coefficient (Wildman–Crippen LogP) is 1.80. The number of amides is 1. The number of hydrogen-bond acceptors (Lipinski definition) is 2. The largest absolute Gasteiger partial charge is 0.326 e. The number of hydrogen-bond donors (Lipinski definition) is 2. The van der Waals surface area contributed by atoms with Gasteiger partial charge in [-0.05, 0) is 31.2 Å². The number of halogens is 2. The van der Waals surface area contributed by atoms with Gasteiger partial charge in [0.15, 0.2) is 0 Å². The second-order valence-electron chi connectivity index (χ2n) is 3.69. The summed E-state index contributed by atoms with van der Waals surface area (Å²) in [5.74, 6) is -0.365. The smallest absolute Gasteiger partial charge is 0.228 e.